The van der Waals surface area contributed by atoms with Gasteiger partial charge in [-0.3, -0.25) is 9.59 Å². The highest BCUT2D eigenvalue weighted by molar-refractivity contribution is 6.04. The van der Waals surface area contributed by atoms with Crippen molar-refractivity contribution >= 4 is 17.5 Å². The Hall–Kier alpha value is -4.76. The molecule has 0 aliphatic rings. The van der Waals surface area contributed by atoms with E-state index in [4.69, 9.17) is 0 Å². The molecule has 0 fully saturated rings. The molecular weight excluding hydrogens is 441 g/mol. The molecule has 0 aliphatic carbocycles. The third-order valence-corrected chi connectivity index (χ3v) is 5.63. The Labute approximate surface area is 202 Å². The second-order valence-corrected chi connectivity index (χ2v) is 7.98. The third kappa shape index (κ3) is 5.43. The molecule has 0 aliphatic heterocycles. The molecule has 0 spiro atoms. The van der Waals surface area contributed by atoms with Crippen molar-refractivity contribution in [2.24, 2.45) is 0 Å². The van der Waals surface area contributed by atoms with Crippen molar-refractivity contribution in [1.82, 2.24) is 5.32 Å². The summed E-state index contributed by atoms with van der Waals surface area (Å²) in [5, 5.41) is 15.2. The fraction of sp³-hybridized carbons (Fsp3) is 0.0690. The molecule has 0 heterocycles. The number of rotatable bonds is 6. The van der Waals surface area contributed by atoms with Crippen LogP contribution in [0.5, 0.6) is 0 Å². The first-order valence-corrected chi connectivity index (χ1v) is 11.0. The number of amides is 2. The molecule has 2 N–H and O–H groups in total. The summed E-state index contributed by atoms with van der Waals surface area (Å²) < 4.78 is 13.1. The van der Waals surface area contributed by atoms with E-state index >= 15 is 0 Å². The zero-order chi connectivity index (χ0) is 24.8. The second kappa shape index (κ2) is 10.4. The monoisotopic (exact) mass is 463 g/mol. The van der Waals surface area contributed by atoms with Crippen molar-refractivity contribution in [1.29, 1.82) is 5.26 Å². The number of carbonyl (C=O) groups excluding carboxylic acids is 2. The molecule has 0 saturated heterocycles. The first-order valence-electron chi connectivity index (χ1n) is 11.0. The van der Waals surface area contributed by atoms with Crippen LogP contribution in [0.25, 0.3) is 11.1 Å². The Morgan fingerprint density at radius 2 is 1.43 bits per heavy atom. The van der Waals surface area contributed by atoms with E-state index in [1.54, 1.807) is 36.4 Å². The van der Waals surface area contributed by atoms with Crippen molar-refractivity contribution in [3.8, 4) is 17.2 Å². The molecular formula is C29H22FN3O2. The van der Waals surface area contributed by atoms with Crippen LogP contribution in [0.1, 0.15) is 44.8 Å². The minimum atomic E-state index is -0.404. The van der Waals surface area contributed by atoms with Gasteiger partial charge >= 0.3 is 0 Å². The maximum absolute atomic E-state index is 13.1. The van der Waals surface area contributed by atoms with E-state index < -0.39 is 5.82 Å². The van der Waals surface area contributed by atoms with Gasteiger partial charge in [-0.2, -0.15) is 5.26 Å². The lowest BCUT2D eigenvalue weighted by Gasteiger charge is -2.17. The molecule has 0 bridgehead atoms. The normalized spacial score (nSPS) is 11.2. The average Bonchev–Trinajstić information content (AvgIpc) is 2.89. The fourth-order valence-electron chi connectivity index (χ4n) is 3.75. The molecule has 0 aromatic heterocycles. The van der Waals surface area contributed by atoms with Crippen molar-refractivity contribution < 1.29 is 14.0 Å². The average molecular weight is 464 g/mol. The maximum Gasteiger partial charge on any atom is 0.255 e. The van der Waals surface area contributed by atoms with Crippen LogP contribution in [0.2, 0.25) is 0 Å². The van der Waals surface area contributed by atoms with Crippen LogP contribution < -0.4 is 10.6 Å². The first-order chi connectivity index (χ1) is 17.0. The summed E-state index contributed by atoms with van der Waals surface area (Å²) in [4.78, 5) is 25.5. The lowest BCUT2D eigenvalue weighted by molar-refractivity contribution is 0.0940. The predicted octanol–water partition coefficient (Wildman–Crippen LogP) is 6.11. The number of benzene rings is 4. The highest BCUT2D eigenvalue weighted by Gasteiger charge is 2.17. The van der Waals surface area contributed by atoms with Gasteiger partial charge in [0.25, 0.3) is 11.8 Å². The highest BCUT2D eigenvalue weighted by atomic mass is 19.1. The largest absolute Gasteiger partial charge is 0.345 e. The topological polar surface area (TPSA) is 82.0 Å². The first kappa shape index (κ1) is 23.4. The van der Waals surface area contributed by atoms with Gasteiger partial charge in [-0.1, -0.05) is 48.5 Å². The number of nitrogens with one attached hydrogen (secondary N) is 2. The van der Waals surface area contributed by atoms with Gasteiger partial charge in [0, 0.05) is 22.4 Å². The lowest BCUT2D eigenvalue weighted by Crippen LogP contribution is -2.27. The standard InChI is InChI=1S/C29H22FN3O2/c1-19(20-12-16-24(17-13-20)33-28(34)21-10-14-23(30)15-11-21)32-29(35)27-9-5-4-8-26(27)25-7-3-2-6-22(25)18-31/h2-17,19H,1H3,(H,32,35)(H,33,34). The zero-order valence-electron chi connectivity index (χ0n) is 19.0. The van der Waals surface area contributed by atoms with Gasteiger partial charge in [0.15, 0.2) is 0 Å². The summed E-state index contributed by atoms with van der Waals surface area (Å²) in [6.45, 7) is 1.87. The lowest BCUT2D eigenvalue weighted by atomic mass is 9.95. The van der Waals surface area contributed by atoms with E-state index in [1.807, 2.05) is 43.3 Å². The summed E-state index contributed by atoms with van der Waals surface area (Å²) in [6, 6.07) is 28.7. The van der Waals surface area contributed by atoms with Crippen molar-refractivity contribution in [2.75, 3.05) is 5.32 Å². The van der Waals surface area contributed by atoms with E-state index in [0.29, 0.717) is 33.5 Å². The molecule has 2 amide bonds. The summed E-state index contributed by atoms with van der Waals surface area (Å²) in [6.07, 6.45) is 0. The van der Waals surface area contributed by atoms with Gasteiger partial charge in [-0.05, 0) is 66.6 Å². The minimum Gasteiger partial charge on any atom is -0.345 e. The van der Waals surface area contributed by atoms with Crippen LogP contribution in [0, 0.1) is 17.1 Å². The van der Waals surface area contributed by atoms with Gasteiger partial charge in [0.1, 0.15) is 5.82 Å². The number of carbonyl (C=O) groups is 2. The number of hydrogen-bond acceptors (Lipinski definition) is 3. The molecule has 5 nitrogen and oxygen atoms in total. The third-order valence-electron chi connectivity index (χ3n) is 5.63. The van der Waals surface area contributed by atoms with Crippen LogP contribution >= 0.6 is 0 Å². The predicted molar refractivity (Wildman–Crippen MR) is 133 cm³/mol. The van der Waals surface area contributed by atoms with Gasteiger partial charge in [0.2, 0.25) is 0 Å². The van der Waals surface area contributed by atoms with Crippen LogP contribution in [-0.4, -0.2) is 11.8 Å². The van der Waals surface area contributed by atoms with E-state index in [0.717, 1.165) is 5.56 Å². The molecule has 1 atom stereocenters. The Balaban J connectivity index is 1.46. The smallest absolute Gasteiger partial charge is 0.255 e. The highest BCUT2D eigenvalue weighted by Crippen LogP contribution is 2.27. The van der Waals surface area contributed by atoms with E-state index in [-0.39, 0.29) is 17.9 Å². The maximum atomic E-state index is 13.1. The van der Waals surface area contributed by atoms with E-state index in [2.05, 4.69) is 16.7 Å². The number of hydrogen-bond donors (Lipinski definition) is 2. The number of halogens is 1. The summed E-state index contributed by atoms with van der Waals surface area (Å²) in [5.74, 6) is -0.998. The molecule has 6 heteroatoms. The van der Waals surface area contributed by atoms with E-state index in [9.17, 15) is 19.2 Å². The van der Waals surface area contributed by atoms with Crippen molar-refractivity contribution in [3.05, 3.63) is 125 Å². The van der Waals surface area contributed by atoms with Gasteiger partial charge in [-0.15, -0.1) is 0 Å². The van der Waals surface area contributed by atoms with Crippen LogP contribution in [0.15, 0.2) is 97.1 Å². The second-order valence-electron chi connectivity index (χ2n) is 7.98. The molecule has 4 aromatic carbocycles. The van der Waals surface area contributed by atoms with Gasteiger partial charge < -0.3 is 10.6 Å². The van der Waals surface area contributed by atoms with Crippen LogP contribution in [-0.2, 0) is 0 Å². The van der Waals surface area contributed by atoms with Crippen LogP contribution in [0.3, 0.4) is 0 Å². The van der Waals surface area contributed by atoms with Gasteiger partial charge in [-0.25, -0.2) is 4.39 Å². The number of anilines is 1. The Morgan fingerprint density at radius 1 is 0.800 bits per heavy atom. The minimum absolute atomic E-state index is 0.255. The fourth-order valence-corrected chi connectivity index (χ4v) is 3.75. The van der Waals surface area contributed by atoms with Gasteiger partial charge in [0.05, 0.1) is 17.7 Å². The summed E-state index contributed by atoms with van der Waals surface area (Å²) in [5.41, 5.74) is 4.16. The summed E-state index contributed by atoms with van der Waals surface area (Å²) >= 11 is 0. The Morgan fingerprint density at radius 3 is 2.11 bits per heavy atom. The number of nitriles is 1. The van der Waals surface area contributed by atoms with Crippen molar-refractivity contribution in [3.63, 3.8) is 0 Å². The quantitative estimate of drug-likeness (QED) is 0.362. The van der Waals surface area contributed by atoms with Crippen LogP contribution in [0.4, 0.5) is 10.1 Å². The molecule has 35 heavy (non-hydrogen) atoms. The molecule has 4 aromatic rings. The number of nitrogens with zero attached hydrogens (tertiary/aromatic N) is 1. The SMILES string of the molecule is CC(NC(=O)c1ccccc1-c1ccccc1C#N)c1ccc(NC(=O)c2ccc(F)cc2)cc1. The Kier molecular flexibility index (Phi) is 6.99. The Bertz CT molecular complexity index is 1410. The molecule has 1 unspecified atom stereocenters. The zero-order valence-corrected chi connectivity index (χ0v) is 19.0. The summed E-state index contributed by atoms with van der Waals surface area (Å²) in [7, 11) is 0. The molecule has 4 rings (SSSR count). The van der Waals surface area contributed by atoms with Crippen molar-refractivity contribution in [2.45, 2.75) is 13.0 Å². The molecule has 0 saturated carbocycles. The molecule has 0 radical (unpaired) electrons. The molecule has 172 valence electrons. The van der Waals surface area contributed by atoms with E-state index in [1.165, 1.54) is 24.3 Å².